The zero-order chi connectivity index (χ0) is 22.4. The lowest BCUT2D eigenvalue weighted by Gasteiger charge is -2.12. The molecule has 1 saturated carbocycles. The van der Waals surface area contributed by atoms with Gasteiger partial charge in [0.2, 0.25) is 10.0 Å². The highest BCUT2D eigenvalue weighted by molar-refractivity contribution is 7.89. The zero-order valence-electron chi connectivity index (χ0n) is 17.1. The summed E-state index contributed by atoms with van der Waals surface area (Å²) in [6.45, 7) is 0.607. The number of ether oxygens (including phenoxy) is 1. The average molecular weight is 448 g/mol. The van der Waals surface area contributed by atoms with Gasteiger partial charge in [-0.3, -0.25) is 9.59 Å². The van der Waals surface area contributed by atoms with Crippen LogP contribution in [0.3, 0.4) is 0 Å². The second-order valence-corrected chi connectivity index (χ2v) is 8.86. The Morgan fingerprint density at radius 3 is 2.26 bits per heavy atom. The van der Waals surface area contributed by atoms with E-state index in [0.29, 0.717) is 18.5 Å². The lowest BCUT2D eigenvalue weighted by atomic mass is 10.2. The van der Waals surface area contributed by atoms with Crippen LogP contribution in [0.2, 0.25) is 0 Å². The number of phenolic OH excluding ortho intramolecular Hbond substituents is 1. The van der Waals surface area contributed by atoms with E-state index in [4.69, 9.17) is 4.74 Å². The number of benzene rings is 2. The molecule has 2 amide bonds. The molecule has 0 radical (unpaired) electrons. The minimum atomic E-state index is -3.78. The van der Waals surface area contributed by atoms with E-state index in [1.54, 1.807) is 12.1 Å². The van der Waals surface area contributed by atoms with Crippen LogP contribution in [-0.2, 0) is 10.0 Å². The average Bonchev–Trinajstić information content (AvgIpc) is 3.56. The number of sulfonamides is 1. The number of hydrogen-bond donors (Lipinski definition) is 4. The van der Waals surface area contributed by atoms with Crippen LogP contribution < -0.4 is 20.1 Å². The molecule has 0 heterocycles. The first-order valence-electron chi connectivity index (χ1n) is 9.86. The largest absolute Gasteiger partial charge is 0.508 e. The van der Waals surface area contributed by atoms with Gasteiger partial charge in [-0.25, -0.2) is 13.1 Å². The summed E-state index contributed by atoms with van der Waals surface area (Å²) in [6.07, 6.45) is 2.06. The second kappa shape index (κ2) is 9.80. The molecule has 0 spiro atoms. The van der Waals surface area contributed by atoms with Crippen molar-refractivity contribution in [3.05, 3.63) is 53.6 Å². The van der Waals surface area contributed by atoms with E-state index in [1.165, 1.54) is 37.4 Å². The first kappa shape index (κ1) is 22.6. The van der Waals surface area contributed by atoms with Gasteiger partial charge in [-0.15, -0.1) is 0 Å². The van der Waals surface area contributed by atoms with E-state index in [9.17, 15) is 23.1 Å². The number of nitrogens with one attached hydrogen (secondary N) is 3. The summed E-state index contributed by atoms with van der Waals surface area (Å²) in [5.41, 5.74) is 0.539. The van der Waals surface area contributed by atoms with E-state index in [0.717, 1.165) is 12.8 Å². The normalized spacial score (nSPS) is 13.5. The van der Waals surface area contributed by atoms with Crippen molar-refractivity contribution in [2.45, 2.75) is 30.2 Å². The minimum absolute atomic E-state index is 0.00752. The summed E-state index contributed by atoms with van der Waals surface area (Å²) >= 11 is 0. The van der Waals surface area contributed by atoms with Gasteiger partial charge in [0.15, 0.2) is 0 Å². The first-order valence-corrected chi connectivity index (χ1v) is 11.3. The van der Waals surface area contributed by atoms with Crippen molar-refractivity contribution in [3.63, 3.8) is 0 Å². The molecule has 0 bridgehead atoms. The lowest BCUT2D eigenvalue weighted by molar-refractivity contribution is 0.0951. The van der Waals surface area contributed by atoms with Gasteiger partial charge >= 0.3 is 0 Å². The van der Waals surface area contributed by atoms with Crippen LogP contribution in [0, 0.1) is 0 Å². The van der Waals surface area contributed by atoms with Crippen molar-refractivity contribution < 1.29 is 27.9 Å². The van der Waals surface area contributed by atoms with E-state index in [-0.39, 0.29) is 40.5 Å². The number of carbonyl (C=O) groups excluding carboxylic acids is 2. The molecule has 0 atom stereocenters. The van der Waals surface area contributed by atoms with E-state index >= 15 is 0 Å². The summed E-state index contributed by atoms with van der Waals surface area (Å²) in [5, 5.41) is 14.8. The minimum Gasteiger partial charge on any atom is -0.508 e. The predicted molar refractivity (Wildman–Crippen MR) is 114 cm³/mol. The second-order valence-electron chi connectivity index (χ2n) is 7.18. The highest BCUT2D eigenvalue weighted by Gasteiger charge is 2.30. The molecule has 10 heteroatoms. The van der Waals surface area contributed by atoms with Crippen LogP contribution in [0.1, 0.15) is 40.0 Å². The van der Waals surface area contributed by atoms with Crippen molar-refractivity contribution >= 4 is 21.8 Å². The zero-order valence-corrected chi connectivity index (χ0v) is 17.9. The quantitative estimate of drug-likeness (QED) is 0.407. The van der Waals surface area contributed by atoms with Crippen molar-refractivity contribution in [1.29, 1.82) is 0 Å². The van der Waals surface area contributed by atoms with Crippen molar-refractivity contribution in [1.82, 2.24) is 15.4 Å². The molecule has 0 aliphatic heterocycles. The number of phenols is 1. The Labute approximate surface area is 180 Å². The van der Waals surface area contributed by atoms with Gasteiger partial charge in [0.1, 0.15) is 16.4 Å². The Hall–Kier alpha value is -3.11. The van der Waals surface area contributed by atoms with E-state index in [1.807, 2.05) is 0 Å². The third-order valence-electron chi connectivity index (χ3n) is 4.65. The number of amides is 2. The summed E-state index contributed by atoms with van der Waals surface area (Å²) in [5.74, 6) is -0.576. The summed E-state index contributed by atoms with van der Waals surface area (Å²) in [4.78, 5) is 24.4. The van der Waals surface area contributed by atoms with Gasteiger partial charge in [0.05, 0.1) is 7.11 Å². The molecule has 9 nitrogen and oxygen atoms in total. The summed E-state index contributed by atoms with van der Waals surface area (Å²) in [6, 6.07) is 10.2. The van der Waals surface area contributed by atoms with Crippen molar-refractivity contribution in [2.24, 2.45) is 0 Å². The molecule has 1 aliphatic rings. The Balaban J connectivity index is 1.52. The van der Waals surface area contributed by atoms with Gasteiger partial charge in [-0.2, -0.15) is 0 Å². The number of rotatable bonds is 10. The summed E-state index contributed by atoms with van der Waals surface area (Å²) in [7, 11) is -2.41. The Morgan fingerprint density at radius 1 is 1.03 bits per heavy atom. The van der Waals surface area contributed by atoms with Crippen LogP contribution in [0.5, 0.6) is 11.5 Å². The highest BCUT2D eigenvalue weighted by atomic mass is 32.2. The number of hydrogen-bond acceptors (Lipinski definition) is 6. The topological polar surface area (TPSA) is 134 Å². The highest BCUT2D eigenvalue weighted by Crippen LogP contribution is 2.28. The van der Waals surface area contributed by atoms with Gasteiger partial charge in [0.25, 0.3) is 11.8 Å². The van der Waals surface area contributed by atoms with Crippen molar-refractivity contribution in [3.8, 4) is 11.5 Å². The Morgan fingerprint density at radius 2 is 1.68 bits per heavy atom. The third-order valence-corrected chi connectivity index (χ3v) is 6.19. The molecular weight excluding hydrogens is 422 g/mol. The molecule has 1 fully saturated rings. The Kier molecular flexibility index (Phi) is 7.13. The fourth-order valence-corrected chi connectivity index (χ4v) is 4.36. The maximum absolute atomic E-state index is 12.6. The van der Waals surface area contributed by atoms with Crippen LogP contribution in [-0.4, -0.2) is 51.6 Å². The van der Waals surface area contributed by atoms with Crippen LogP contribution in [0.25, 0.3) is 0 Å². The number of aromatic hydroxyl groups is 1. The van der Waals surface area contributed by atoms with Gasteiger partial charge in [-0.05, 0) is 55.7 Å². The molecule has 0 saturated heterocycles. The summed E-state index contributed by atoms with van der Waals surface area (Å²) < 4.78 is 32.8. The molecular formula is C21H25N3O6S. The Bertz CT molecular complexity index is 1070. The fourth-order valence-electron chi connectivity index (χ4n) is 2.86. The first-order chi connectivity index (χ1) is 14.8. The SMILES string of the molecule is COc1ccc(C(=O)NCCCNC(=O)c2cccc(O)c2)cc1S(=O)(=O)NC1CC1. The standard InChI is InChI=1S/C21H25N3O6S/c1-30-18-9-6-15(13-19(18)31(28,29)24-16-7-8-16)21(27)23-11-3-10-22-20(26)14-4-2-5-17(25)12-14/h2,4-6,9,12-13,16,24-25H,3,7-8,10-11H2,1H3,(H,22,26)(H,23,27). The predicted octanol–water partition coefficient (Wildman–Crippen LogP) is 1.39. The van der Waals surface area contributed by atoms with E-state index < -0.39 is 15.9 Å². The molecule has 31 heavy (non-hydrogen) atoms. The smallest absolute Gasteiger partial charge is 0.251 e. The third kappa shape index (κ3) is 6.19. The van der Waals surface area contributed by atoms with Crippen LogP contribution >= 0.6 is 0 Å². The molecule has 3 rings (SSSR count). The van der Waals surface area contributed by atoms with Crippen molar-refractivity contribution in [2.75, 3.05) is 20.2 Å². The number of carbonyl (C=O) groups is 2. The van der Waals surface area contributed by atoms with Crippen LogP contribution in [0.4, 0.5) is 0 Å². The van der Waals surface area contributed by atoms with E-state index in [2.05, 4.69) is 15.4 Å². The van der Waals surface area contributed by atoms with Gasteiger partial charge in [-0.1, -0.05) is 6.07 Å². The molecule has 4 N–H and O–H groups in total. The molecule has 1 aliphatic carbocycles. The van der Waals surface area contributed by atoms with Gasteiger partial charge in [0, 0.05) is 30.3 Å². The molecule has 166 valence electrons. The number of methoxy groups -OCH3 is 1. The molecule has 2 aromatic carbocycles. The molecule has 0 unspecified atom stereocenters. The maximum atomic E-state index is 12.6. The monoisotopic (exact) mass is 447 g/mol. The molecule has 2 aromatic rings. The van der Waals surface area contributed by atoms with Gasteiger partial charge < -0.3 is 20.5 Å². The van der Waals surface area contributed by atoms with Crippen LogP contribution in [0.15, 0.2) is 47.4 Å². The molecule has 0 aromatic heterocycles. The fraction of sp³-hybridized carbons (Fsp3) is 0.333. The maximum Gasteiger partial charge on any atom is 0.251 e. The lowest BCUT2D eigenvalue weighted by Crippen LogP contribution is -2.30.